The van der Waals surface area contributed by atoms with Crippen LogP contribution < -0.4 is 5.43 Å². The van der Waals surface area contributed by atoms with Gasteiger partial charge in [0.1, 0.15) is 0 Å². The number of pyridine rings is 1. The first kappa shape index (κ1) is 17.7. The van der Waals surface area contributed by atoms with Gasteiger partial charge in [0.25, 0.3) is 0 Å². The van der Waals surface area contributed by atoms with E-state index in [2.05, 4.69) is 20.9 Å². The lowest BCUT2D eigenvalue weighted by Gasteiger charge is -2.39. The van der Waals surface area contributed by atoms with E-state index in [1.54, 1.807) is 6.07 Å². The average molecular weight is 355 g/mol. The van der Waals surface area contributed by atoms with E-state index in [-0.39, 0.29) is 5.43 Å². The normalized spacial score (nSPS) is 22.7. The molecule has 5 heteroatoms. The predicted octanol–water partition coefficient (Wildman–Crippen LogP) is 2.52. The van der Waals surface area contributed by atoms with Gasteiger partial charge in [-0.2, -0.15) is 0 Å². The van der Waals surface area contributed by atoms with Crippen LogP contribution >= 0.6 is 0 Å². The van der Waals surface area contributed by atoms with Crippen molar-refractivity contribution in [2.75, 3.05) is 39.4 Å². The van der Waals surface area contributed by atoms with Crippen molar-refractivity contribution in [1.82, 2.24) is 14.8 Å². The van der Waals surface area contributed by atoms with Crippen molar-refractivity contribution in [3.05, 3.63) is 45.7 Å². The van der Waals surface area contributed by atoms with Gasteiger partial charge < -0.3 is 9.72 Å². The zero-order valence-corrected chi connectivity index (χ0v) is 15.7. The molecule has 140 valence electrons. The number of hydrogen-bond acceptors (Lipinski definition) is 4. The van der Waals surface area contributed by atoms with Crippen LogP contribution in [-0.2, 0) is 11.3 Å². The zero-order chi connectivity index (χ0) is 17.9. The third-order valence-corrected chi connectivity index (χ3v) is 5.74. The molecule has 4 rings (SSSR count). The molecule has 1 aromatic carbocycles. The molecule has 3 heterocycles. The number of nitrogens with one attached hydrogen (secondary N) is 1. The number of morpholine rings is 1. The lowest BCUT2D eigenvalue weighted by Crippen LogP contribution is -2.49. The van der Waals surface area contributed by atoms with Crippen molar-refractivity contribution < 1.29 is 4.74 Å². The number of rotatable bonds is 4. The molecular formula is C21H29N3O2. The van der Waals surface area contributed by atoms with E-state index in [1.807, 2.05) is 19.1 Å². The van der Waals surface area contributed by atoms with E-state index < -0.39 is 0 Å². The number of likely N-dealkylation sites (tertiary alicyclic amines) is 1. The number of piperidine rings is 1. The van der Waals surface area contributed by atoms with E-state index in [0.717, 1.165) is 68.1 Å². The fourth-order valence-electron chi connectivity index (χ4n) is 4.28. The highest BCUT2D eigenvalue weighted by Gasteiger charge is 2.25. The molecule has 2 aromatic rings. The highest BCUT2D eigenvalue weighted by Crippen LogP contribution is 2.21. The highest BCUT2D eigenvalue weighted by atomic mass is 16.5. The molecule has 0 amide bonds. The summed E-state index contributed by atoms with van der Waals surface area (Å²) in [6.45, 7) is 8.86. The quantitative estimate of drug-likeness (QED) is 0.916. The SMILES string of the molecule is Cc1ccc2[nH]c(CN3CCCCC3CN3CCOCC3)cc(=O)c2c1. The molecule has 2 aliphatic heterocycles. The average Bonchev–Trinajstić information content (AvgIpc) is 2.65. The third-order valence-electron chi connectivity index (χ3n) is 5.74. The summed E-state index contributed by atoms with van der Waals surface area (Å²) in [5.41, 5.74) is 3.22. The van der Waals surface area contributed by atoms with Crippen molar-refractivity contribution in [3.8, 4) is 0 Å². The number of aromatic amines is 1. The van der Waals surface area contributed by atoms with Crippen LogP contribution in [0.3, 0.4) is 0 Å². The van der Waals surface area contributed by atoms with Crippen LogP contribution in [0.25, 0.3) is 10.9 Å². The number of ether oxygens (including phenoxy) is 1. The molecule has 0 bridgehead atoms. The molecule has 1 unspecified atom stereocenters. The van der Waals surface area contributed by atoms with Gasteiger partial charge in [0.05, 0.1) is 13.2 Å². The molecule has 1 aromatic heterocycles. The second kappa shape index (κ2) is 7.91. The van der Waals surface area contributed by atoms with E-state index in [0.29, 0.717) is 6.04 Å². The number of nitrogens with zero attached hydrogens (tertiary/aromatic N) is 2. The molecule has 0 radical (unpaired) electrons. The zero-order valence-electron chi connectivity index (χ0n) is 15.7. The smallest absolute Gasteiger partial charge is 0.189 e. The van der Waals surface area contributed by atoms with Gasteiger partial charge >= 0.3 is 0 Å². The van der Waals surface area contributed by atoms with Crippen molar-refractivity contribution in [2.24, 2.45) is 0 Å². The minimum atomic E-state index is 0.124. The summed E-state index contributed by atoms with van der Waals surface area (Å²) < 4.78 is 5.48. The van der Waals surface area contributed by atoms with Crippen LogP contribution in [0.4, 0.5) is 0 Å². The van der Waals surface area contributed by atoms with E-state index in [9.17, 15) is 4.79 Å². The van der Waals surface area contributed by atoms with Gasteiger partial charge in [0.15, 0.2) is 5.43 Å². The Morgan fingerprint density at radius 2 is 2.00 bits per heavy atom. The van der Waals surface area contributed by atoms with Gasteiger partial charge in [-0.3, -0.25) is 14.6 Å². The number of H-pyrrole nitrogens is 1. The number of aryl methyl sites for hydroxylation is 1. The summed E-state index contributed by atoms with van der Waals surface area (Å²) in [6, 6.07) is 8.42. The molecule has 1 N–H and O–H groups in total. The molecule has 26 heavy (non-hydrogen) atoms. The molecule has 2 saturated heterocycles. The Morgan fingerprint density at radius 3 is 2.85 bits per heavy atom. The fraction of sp³-hybridized carbons (Fsp3) is 0.571. The Bertz CT molecular complexity index is 810. The maximum atomic E-state index is 12.5. The molecule has 0 aliphatic carbocycles. The van der Waals surface area contributed by atoms with E-state index in [1.165, 1.54) is 19.3 Å². The van der Waals surface area contributed by atoms with Gasteiger partial charge in [0.2, 0.25) is 0 Å². The first-order valence-electron chi connectivity index (χ1n) is 9.86. The molecule has 0 spiro atoms. The fourth-order valence-corrected chi connectivity index (χ4v) is 4.28. The van der Waals surface area contributed by atoms with Gasteiger partial charge in [-0.25, -0.2) is 0 Å². The van der Waals surface area contributed by atoms with E-state index >= 15 is 0 Å². The lowest BCUT2D eigenvalue weighted by atomic mass is 10.0. The maximum Gasteiger partial charge on any atom is 0.189 e. The monoisotopic (exact) mass is 355 g/mol. The standard InChI is InChI=1S/C21H29N3O2/c1-16-5-6-20-19(12-16)21(25)13-17(22-20)14-24-7-3-2-4-18(24)15-23-8-10-26-11-9-23/h5-6,12-13,18H,2-4,7-11,14-15H2,1H3,(H,22,25). The van der Waals surface area contributed by atoms with Gasteiger partial charge in [0, 0.05) is 54.9 Å². The van der Waals surface area contributed by atoms with Gasteiger partial charge in [-0.1, -0.05) is 18.1 Å². The minimum Gasteiger partial charge on any atom is -0.379 e. The van der Waals surface area contributed by atoms with Crippen molar-refractivity contribution in [3.63, 3.8) is 0 Å². The Labute approximate surface area is 154 Å². The Kier molecular flexibility index (Phi) is 5.38. The highest BCUT2D eigenvalue weighted by molar-refractivity contribution is 5.79. The van der Waals surface area contributed by atoms with Crippen LogP contribution in [-0.4, -0.2) is 60.2 Å². The minimum absolute atomic E-state index is 0.124. The molecule has 2 aliphatic rings. The Hall–Kier alpha value is -1.69. The van der Waals surface area contributed by atoms with Crippen molar-refractivity contribution >= 4 is 10.9 Å². The predicted molar refractivity (Wildman–Crippen MR) is 105 cm³/mol. The van der Waals surface area contributed by atoms with Crippen LogP contribution in [0, 0.1) is 6.92 Å². The van der Waals surface area contributed by atoms with Crippen LogP contribution in [0.15, 0.2) is 29.1 Å². The van der Waals surface area contributed by atoms with Gasteiger partial charge in [-0.05, 0) is 38.4 Å². The molecule has 0 saturated carbocycles. The summed E-state index contributed by atoms with van der Waals surface area (Å²) in [5, 5.41) is 0.789. The molecular weight excluding hydrogens is 326 g/mol. The van der Waals surface area contributed by atoms with Crippen LogP contribution in [0.5, 0.6) is 0 Å². The molecule has 2 fully saturated rings. The first-order chi connectivity index (χ1) is 12.7. The third kappa shape index (κ3) is 4.00. The summed E-state index contributed by atoms with van der Waals surface area (Å²) in [5.74, 6) is 0. The van der Waals surface area contributed by atoms with Gasteiger partial charge in [-0.15, -0.1) is 0 Å². The summed E-state index contributed by atoms with van der Waals surface area (Å²) in [4.78, 5) is 21.1. The Balaban J connectivity index is 1.51. The summed E-state index contributed by atoms with van der Waals surface area (Å²) in [6.07, 6.45) is 3.80. The number of hydrogen-bond donors (Lipinski definition) is 1. The number of fused-ring (bicyclic) bond motifs is 1. The second-order valence-electron chi connectivity index (χ2n) is 7.74. The maximum absolute atomic E-state index is 12.5. The number of benzene rings is 1. The lowest BCUT2D eigenvalue weighted by molar-refractivity contribution is 0.0151. The first-order valence-corrected chi connectivity index (χ1v) is 9.86. The molecule has 1 atom stereocenters. The second-order valence-corrected chi connectivity index (χ2v) is 7.74. The van der Waals surface area contributed by atoms with Crippen molar-refractivity contribution in [2.45, 2.75) is 38.8 Å². The largest absolute Gasteiger partial charge is 0.379 e. The summed E-state index contributed by atoms with van der Waals surface area (Å²) >= 11 is 0. The summed E-state index contributed by atoms with van der Waals surface area (Å²) in [7, 11) is 0. The Morgan fingerprint density at radius 1 is 1.15 bits per heavy atom. The van der Waals surface area contributed by atoms with Crippen molar-refractivity contribution in [1.29, 1.82) is 0 Å². The van der Waals surface area contributed by atoms with Crippen LogP contribution in [0.2, 0.25) is 0 Å². The number of aromatic nitrogens is 1. The molecule has 5 nitrogen and oxygen atoms in total. The van der Waals surface area contributed by atoms with E-state index in [4.69, 9.17) is 4.74 Å². The topological polar surface area (TPSA) is 48.6 Å². The van der Waals surface area contributed by atoms with Crippen LogP contribution in [0.1, 0.15) is 30.5 Å².